The van der Waals surface area contributed by atoms with E-state index in [1.165, 1.54) is 12.1 Å². The molecular formula is C13H8Cl2FN3. The Labute approximate surface area is 119 Å². The van der Waals surface area contributed by atoms with Crippen molar-refractivity contribution in [3.05, 3.63) is 57.6 Å². The Kier molecular flexibility index (Phi) is 4.20. The van der Waals surface area contributed by atoms with Crippen LogP contribution in [0.15, 0.2) is 30.5 Å². The molecule has 0 saturated heterocycles. The molecule has 0 fully saturated rings. The van der Waals surface area contributed by atoms with Crippen molar-refractivity contribution in [1.82, 2.24) is 4.98 Å². The van der Waals surface area contributed by atoms with E-state index >= 15 is 0 Å². The lowest BCUT2D eigenvalue weighted by atomic mass is 10.2. The zero-order chi connectivity index (χ0) is 13.8. The molecule has 96 valence electrons. The molecule has 0 spiro atoms. The molecule has 1 aromatic carbocycles. The molecule has 0 unspecified atom stereocenters. The highest BCUT2D eigenvalue weighted by atomic mass is 35.5. The molecule has 1 aromatic heterocycles. The SMILES string of the molecule is N#Cc1ncccc1CNc1cc(Cl)c(F)c(Cl)c1. The molecule has 0 amide bonds. The van der Waals surface area contributed by atoms with Crippen LogP contribution in [0.3, 0.4) is 0 Å². The number of hydrogen-bond acceptors (Lipinski definition) is 3. The summed E-state index contributed by atoms with van der Waals surface area (Å²) in [6.45, 7) is 0.370. The third-order valence-electron chi connectivity index (χ3n) is 2.46. The maximum Gasteiger partial charge on any atom is 0.160 e. The van der Waals surface area contributed by atoms with Gasteiger partial charge < -0.3 is 5.32 Å². The summed E-state index contributed by atoms with van der Waals surface area (Å²) >= 11 is 11.4. The molecule has 0 radical (unpaired) electrons. The molecular weight excluding hydrogens is 288 g/mol. The second kappa shape index (κ2) is 5.87. The number of halogens is 3. The summed E-state index contributed by atoms with van der Waals surface area (Å²) in [4.78, 5) is 3.95. The van der Waals surface area contributed by atoms with Crippen LogP contribution in [-0.2, 0) is 6.54 Å². The summed E-state index contributed by atoms with van der Waals surface area (Å²) in [5, 5.41) is 11.8. The van der Waals surface area contributed by atoms with E-state index in [9.17, 15) is 4.39 Å². The highest BCUT2D eigenvalue weighted by molar-refractivity contribution is 6.35. The number of nitrogens with one attached hydrogen (secondary N) is 1. The van der Waals surface area contributed by atoms with E-state index in [0.29, 0.717) is 17.9 Å². The first-order chi connectivity index (χ1) is 9.11. The Morgan fingerprint density at radius 2 is 2.00 bits per heavy atom. The van der Waals surface area contributed by atoms with Crippen LogP contribution >= 0.6 is 23.2 Å². The molecule has 0 aliphatic heterocycles. The first-order valence-electron chi connectivity index (χ1n) is 5.34. The van der Waals surface area contributed by atoms with Gasteiger partial charge >= 0.3 is 0 Å². The standard InChI is InChI=1S/C13H8Cl2FN3/c14-10-4-9(5-11(15)13(10)16)19-7-8-2-1-3-18-12(8)6-17/h1-5,19H,7H2. The van der Waals surface area contributed by atoms with Gasteiger partial charge in [-0.15, -0.1) is 0 Å². The third kappa shape index (κ3) is 3.14. The van der Waals surface area contributed by atoms with Crippen molar-refractivity contribution in [2.45, 2.75) is 6.54 Å². The van der Waals surface area contributed by atoms with Gasteiger partial charge in [0.05, 0.1) is 10.0 Å². The van der Waals surface area contributed by atoms with E-state index in [1.54, 1.807) is 18.3 Å². The molecule has 0 bridgehead atoms. The fourth-order valence-electron chi connectivity index (χ4n) is 1.54. The van der Waals surface area contributed by atoms with E-state index in [4.69, 9.17) is 28.5 Å². The number of nitrogens with zero attached hydrogens (tertiary/aromatic N) is 2. The fraction of sp³-hybridized carbons (Fsp3) is 0.0769. The van der Waals surface area contributed by atoms with E-state index < -0.39 is 5.82 Å². The summed E-state index contributed by atoms with van der Waals surface area (Å²) in [5.74, 6) is -0.645. The zero-order valence-electron chi connectivity index (χ0n) is 9.62. The first-order valence-corrected chi connectivity index (χ1v) is 6.10. The smallest absolute Gasteiger partial charge is 0.160 e. The Bertz CT molecular complexity index is 630. The number of anilines is 1. The predicted octanol–water partition coefficient (Wildman–Crippen LogP) is 4.01. The van der Waals surface area contributed by atoms with Crippen LogP contribution < -0.4 is 5.32 Å². The molecule has 1 N–H and O–H groups in total. The van der Waals surface area contributed by atoms with Crippen LogP contribution in [0.25, 0.3) is 0 Å². The summed E-state index contributed by atoms with van der Waals surface area (Å²) in [5.41, 5.74) is 1.65. The van der Waals surface area contributed by atoms with Gasteiger partial charge in [0, 0.05) is 24.0 Å². The van der Waals surface area contributed by atoms with E-state index in [0.717, 1.165) is 5.56 Å². The summed E-state index contributed by atoms with van der Waals surface area (Å²) in [6.07, 6.45) is 1.55. The maximum atomic E-state index is 13.2. The normalized spacial score (nSPS) is 10.0. The maximum absolute atomic E-state index is 13.2. The first kappa shape index (κ1) is 13.6. The largest absolute Gasteiger partial charge is 0.381 e. The van der Waals surface area contributed by atoms with Gasteiger partial charge in [0.25, 0.3) is 0 Å². The topological polar surface area (TPSA) is 48.7 Å². The number of pyridine rings is 1. The Morgan fingerprint density at radius 1 is 1.32 bits per heavy atom. The minimum atomic E-state index is -0.645. The molecule has 1 heterocycles. The van der Waals surface area contributed by atoms with E-state index in [-0.39, 0.29) is 10.0 Å². The summed E-state index contributed by atoms with van der Waals surface area (Å²) in [6, 6.07) is 8.39. The summed E-state index contributed by atoms with van der Waals surface area (Å²) in [7, 11) is 0. The van der Waals surface area contributed by atoms with Crippen molar-refractivity contribution in [3.63, 3.8) is 0 Å². The van der Waals surface area contributed by atoms with Crippen molar-refractivity contribution < 1.29 is 4.39 Å². The van der Waals surface area contributed by atoms with Gasteiger partial charge in [-0.25, -0.2) is 9.37 Å². The van der Waals surface area contributed by atoms with Crippen LogP contribution in [0.2, 0.25) is 10.0 Å². The Hall–Kier alpha value is -1.83. The molecule has 6 heteroatoms. The zero-order valence-corrected chi connectivity index (χ0v) is 11.1. The number of aromatic nitrogens is 1. The molecule has 0 aliphatic carbocycles. The lowest BCUT2D eigenvalue weighted by Gasteiger charge is -2.09. The van der Waals surface area contributed by atoms with Crippen molar-refractivity contribution in [2.75, 3.05) is 5.32 Å². The van der Waals surface area contributed by atoms with Gasteiger partial charge in [-0.2, -0.15) is 5.26 Å². The van der Waals surface area contributed by atoms with Crippen molar-refractivity contribution >= 4 is 28.9 Å². The molecule has 0 saturated carbocycles. The molecule has 2 rings (SSSR count). The van der Waals surface area contributed by atoms with Gasteiger partial charge in [-0.3, -0.25) is 0 Å². The highest BCUT2D eigenvalue weighted by Gasteiger charge is 2.08. The van der Waals surface area contributed by atoms with Crippen molar-refractivity contribution in [3.8, 4) is 6.07 Å². The number of rotatable bonds is 3. The lowest BCUT2D eigenvalue weighted by Crippen LogP contribution is -2.03. The molecule has 0 atom stereocenters. The lowest BCUT2D eigenvalue weighted by molar-refractivity contribution is 0.629. The van der Waals surface area contributed by atoms with Crippen LogP contribution in [0.1, 0.15) is 11.3 Å². The highest BCUT2D eigenvalue weighted by Crippen LogP contribution is 2.27. The fourth-order valence-corrected chi connectivity index (χ4v) is 2.02. The van der Waals surface area contributed by atoms with Crippen LogP contribution in [-0.4, -0.2) is 4.98 Å². The number of nitriles is 1. The molecule has 19 heavy (non-hydrogen) atoms. The molecule has 3 nitrogen and oxygen atoms in total. The molecule has 2 aromatic rings. The third-order valence-corrected chi connectivity index (χ3v) is 3.01. The van der Waals surface area contributed by atoms with Crippen LogP contribution in [0, 0.1) is 17.1 Å². The van der Waals surface area contributed by atoms with Gasteiger partial charge in [0.2, 0.25) is 0 Å². The van der Waals surface area contributed by atoms with Gasteiger partial charge in [-0.05, 0) is 18.2 Å². The number of hydrogen-bond donors (Lipinski definition) is 1. The molecule has 0 aliphatic rings. The van der Waals surface area contributed by atoms with E-state index in [2.05, 4.69) is 10.3 Å². The summed E-state index contributed by atoms with van der Waals surface area (Å²) < 4.78 is 13.2. The minimum Gasteiger partial charge on any atom is -0.381 e. The van der Waals surface area contributed by atoms with Gasteiger partial charge in [-0.1, -0.05) is 29.3 Å². The average Bonchev–Trinajstić information content (AvgIpc) is 2.42. The van der Waals surface area contributed by atoms with Crippen molar-refractivity contribution in [2.24, 2.45) is 0 Å². The second-order valence-electron chi connectivity index (χ2n) is 3.73. The van der Waals surface area contributed by atoms with Crippen molar-refractivity contribution in [1.29, 1.82) is 5.26 Å². The second-order valence-corrected chi connectivity index (χ2v) is 4.54. The predicted molar refractivity (Wildman–Crippen MR) is 72.7 cm³/mol. The van der Waals surface area contributed by atoms with Gasteiger partial charge in [0.15, 0.2) is 5.82 Å². The monoisotopic (exact) mass is 295 g/mol. The van der Waals surface area contributed by atoms with Gasteiger partial charge in [0.1, 0.15) is 11.8 Å². The van der Waals surface area contributed by atoms with Crippen LogP contribution in [0.4, 0.5) is 10.1 Å². The average molecular weight is 296 g/mol. The van der Waals surface area contributed by atoms with Crippen LogP contribution in [0.5, 0.6) is 0 Å². The Balaban J connectivity index is 2.17. The minimum absolute atomic E-state index is 0.0540. The number of benzene rings is 1. The van der Waals surface area contributed by atoms with E-state index in [1.807, 2.05) is 6.07 Å². The quantitative estimate of drug-likeness (QED) is 0.870. The Morgan fingerprint density at radius 3 is 2.63 bits per heavy atom.